The van der Waals surface area contributed by atoms with Gasteiger partial charge in [-0.25, -0.2) is 0 Å². The molecule has 3 atom stereocenters. The zero-order valence-electron chi connectivity index (χ0n) is 11.2. The second kappa shape index (κ2) is 2.81. The average molecular weight is 238 g/mol. The first-order valence-corrected chi connectivity index (χ1v) is 9.44. The first-order chi connectivity index (χ1) is 7.04. The third-order valence-corrected chi connectivity index (χ3v) is 7.52. The summed E-state index contributed by atoms with van der Waals surface area (Å²) in [7, 11) is -1.50. The second-order valence-electron chi connectivity index (χ2n) is 7.26. The van der Waals surface area contributed by atoms with Gasteiger partial charge in [0.1, 0.15) is 6.10 Å². The third kappa shape index (κ3) is 1.15. The van der Waals surface area contributed by atoms with Crippen molar-refractivity contribution in [1.29, 1.82) is 0 Å². The van der Waals surface area contributed by atoms with Gasteiger partial charge >= 0.3 is 5.97 Å². The number of hydrogen-bond acceptors (Lipinski definition) is 2. The van der Waals surface area contributed by atoms with E-state index < -0.39 is 8.07 Å². The predicted molar refractivity (Wildman–Crippen MR) is 68.0 cm³/mol. The lowest BCUT2D eigenvalue weighted by molar-refractivity contribution is -0.148. The number of rotatable bonds is 1. The summed E-state index contributed by atoms with van der Waals surface area (Å²) in [5, 5.41) is 0.00231. The van der Waals surface area contributed by atoms with Crippen LogP contribution in [-0.2, 0) is 9.53 Å². The van der Waals surface area contributed by atoms with Crippen LogP contribution in [0.15, 0.2) is 12.2 Å². The lowest BCUT2D eigenvalue weighted by Gasteiger charge is -2.39. The summed E-state index contributed by atoms with van der Waals surface area (Å²) in [6.45, 7) is 17.6. The van der Waals surface area contributed by atoms with Gasteiger partial charge in [-0.1, -0.05) is 52.6 Å². The van der Waals surface area contributed by atoms with E-state index in [4.69, 9.17) is 4.74 Å². The Morgan fingerprint density at radius 3 is 2.06 bits per heavy atom. The van der Waals surface area contributed by atoms with Crippen LogP contribution in [0.5, 0.6) is 0 Å². The number of fused-ring (bicyclic) bond motifs is 1. The molecule has 1 aliphatic heterocycles. The average Bonchev–Trinajstić information content (AvgIpc) is 2.47. The van der Waals surface area contributed by atoms with E-state index in [1.807, 2.05) is 0 Å². The van der Waals surface area contributed by atoms with Crippen molar-refractivity contribution in [1.82, 2.24) is 0 Å². The van der Waals surface area contributed by atoms with E-state index in [1.165, 1.54) is 0 Å². The van der Waals surface area contributed by atoms with E-state index in [9.17, 15) is 4.79 Å². The normalized spacial score (nSPS) is 38.4. The Kier molecular flexibility index (Phi) is 2.09. The number of cyclic esters (lactones) is 1. The van der Waals surface area contributed by atoms with E-state index in [0.29, 0.717) is 0 Å². The summed E-state index contributed by atoms with van der Waals surface area (Å²) in [5.74, 6) is -0.0317. The molecule has 0 aromatic rings. The first-order valence-electron chi connectivity index (χ1n) is 5.94. The Morgan fingerprint density at radius 2 is 1.81 bits per heavy atom. The minimum absolute atomic E-state index is 0.00231. The highest BCUT2D eigenvalue weighted by molar-refractivity contribution is 6.82. The molecule has 1 heterocycles. The van der Waals surface area contributed by atoms with E-state index in [0.717, 1.165) is 5.57 Å². The Labute approximate surface area is 99.1 Å². The van der Waals surface area contributed by atoms with Crippen LogP contribution >= 0.6 is 0 Å². The van der Waals surface area contributed by atoms with Crippen molar-refractivity contribution >= 4 is 14.0 Å². The molecule has 0 amide bonds. The molecule has 0 spiro atoms. The molecule has 1 aliphatic carbocycles. The smallest absolute Gasteiger partial charge is 0.314 e. The Bertz CT molecular complexity index is 372. The highest BCUT2D eigenvalue weighted by Crippen LogP contribution is 2.78. The topological polar surface area (TPSA) is 26.3 Å². The quantitative estimate of drug-likeness (QED) is 0.398. The maximum Gasteiger partial charge on any atom is 0.314 e. The zero-order chi connectivity index (χ0) is 12.5. The largest absolute Gasteiger partial charge is 0.461 e. The minimum Gasteiger partial charge on any atom is -0.461 e. The molecule has 0 aromatic heterocycles. The molecule has 0 aromatic carbocycles. The summed E-state index contributed by atoms with van der Waals surface area (Å²) in [6.07, 6.45) is 0.0247. The molecular formula is C13H22O2Si. The maximum atomic E-state index is 11.9. The van der Waals surface area contributed by atoms with Crippen LogP contribution in [0.25, 0.3) is 0 Å². The molecule has 0 N–H and O–H groups in total. The van der Waals surface area contributed by atoms with Crippen molar-refractivity contribution in [2.45, 2.75) is 51.6 Å². The van der Waals surface area contributed by atoms with Crippen LogP contribution in [0.1, 0.15) is 20.8 Å². The molecule has 3 heteroatoms. The summed E-state index contributed by atoms with van der Waals surface area (Å²) in [4.78, 5) is 11.9. The fourth-order valence-electron chi connectivity index (χ4n) is 3.50. The molecule has 90 valence electrons. The van der Waals surface area contributed by atoms with Gasteiger partial charge in [-0.3, -0.25) is 4.79 Å². The van der Waals surface area contributed by atoms with Crippen molar-refractivity contribution in [2.24, 2.45) is 11.3 Å². The Morgan fingerprint density at radius 1 is 1.31 bits per heavy atom. The van der Waals surface area contributed by atoms with E-state index in [-0.39, 0.29) is 28.4 Å². The highest BCUT2D eigenvalue weighted by atomic mass is 28.3. The molecule has 1 saturated heterocycles. The van der Waals surface area contributed by atoms with Gasteiger partial charge in [-0.2, -0.15) is 0 Å². The van der Waals surface area contributed by atoms with Crippen molar-refractivity contribution in [3.8, 4) is 0 Å². The van der Waals surface area contributed by atoms with Crippen LogP contribution in [0.4, 0.5) is 0 Å². The van der Waals surface area contributed by atoms with Crippen LogP contribution in [-0.4, -0.2) is 20.1 Å². The van der Waals surface area contributed by atoms with Crippen molar-refractivity contribution < 1.29 is 9.53 Å². The van der Waals surface area contributed by atoms with Gasteiger partial charge in [0.25, 0.3) is 0 Å². The molecule has 0 unspecified atom stereocenters. The van der Waals surface area contributed by atoms with E-state index in [2.05, 4.69) is 47.0 Å². The van der Waals surface area contributed by atoms with Gasteiger partial charge in [-0.15, -0.1) is 0 Å². The first kappa shape index (κ1) is 11.9. The fraction of sp³-hybridized carbons (Fsp3) is 0.769. The molecule has 2 aliphatic rings. The lowest BCUT2D eigenvalue weighted by atomic mass is 9.85. The summed E-state index contributed by atoms with van der Waals surface area (Å²) in [6, 6.07) is 0. The zero-order valence-corrected chi connectivity index (χ0v) is 12.2. The number of hydrogen-bond donors (Lipinski definition) is 0. The fourth-order valence-corrected chi connectivity index (χ4v) is 6.97. The number of ether oxygens (including phenoxy) is 1. The van der Waals surface area contributed by atoms with Crippen LogP contribution in [0, 0.1) is 11.3 Å². The number of carbonyl (C=O) groups excluding carboxylic acids is 1. The molecule has 2 nitrogen and oxygen atoms in total. The SMILES string of the molecule is C=C1[C@H]2C(=O)O[C@@H](C(C)(C)C)[C@@]12[Si](C)(C)C. The van der Waals surface area contributed by atoms with Gasteiger partial charge in [0.05, 0.1) is 14.0 Å². The van der Waals surface area contributed by atoms with Gasteiger partial charge < -0.3 is 4.74 Å². The van der Waals surface area contributed by atoms with Crippen LogP contribution in [0.2, 0.25) is 24.7 Å². The second-order valence-corrected chi connectivity index (χ2v) is 12.6. The third-order valence-electron chi connectivity index (χ3n) is 4.16. The lowest BCUT2D eigenvalue weighted by Crippen LogP contribution is -2.44. The number of carbonyl (C=O) groups is 1. The molecule has 0 bridgehead atoms. The highest BCUT2D eigenvalue weighted by Gasteiger charge is 2.79. The van der Waals surface area contributed by atoms with Crippen LogP contribution < -0.4 is 0 Å². The monoisotopic (exact) mass is 238 g/mol. The van der Waals surface area contributed by atoms with Crippen molar-refractivity contribution in [3.63, 3.8) is 0 Å². The van der Waals surface area contributed by atoms with Gasteiger partial charge in [0.2, 0.25) is 0 Å². The van der Waals surface area contributed by atoms with Crippen molar-refractivity contribution in [2.75, 3.05) is 0 Å². The summed E-state index contributed by atoms with van der Waals surface area (Å²) >= 11 is 0. The minimum atomic E-state index is -1.50. The Balaban J connectivity index is 2.50. The van der Waals surface area contributed by atoms with E-state index >= 15 is 0 Å². The molecule has 16 heavy (non-hydrogen) atoms. The number of esters is 1. The maximum absolute atomic E-state index is 11.9. The summed E-state index contributed by atoms with van der Waals surface area (Å²) < 4.78 is 5.62. The van der Waals surface area contributed by atoms with Gasteiger partial charge in [-0.05, 0) is 5.41 Å². The molecule has 2 fully saturated rings. The van der Waals surface area contributed by atoms with Crippen LogP contribution in [0.3, 0.4) is 0 Å². The molecular weight excluding hydrogens is 216 g/mol. The molecule has 0 radical (unpaired) electrons. The Hall–Kier alpha value is -0.573. The summed E-state index contributed by atoms with van der Waals surface area (Å²) in [5.41, 5.74) is 1.15. The van der Waals surface area contributed by atoms with Gasteiger partial charge in [0.15, 0.2) is 0 Å². The van der Waals surface area contributed by atoms with Gasteiger partial charge in [0, 0.05) is 5.04 Å². The van der Waals surface area contributed by atoms with E-state index in [1.54, 1.807) is 0 Å². The van der Waals surface area contributed by atoms with Crippen molar-refractivity contribution in [3.05, 3.63) is 12.2 Å². The molecule has 2 rings (SSSR count). The standard InChI is InChI=1S/C13H22O2Si/c1-8-9-10(14)15-11(12(2,3)4)13(8,9)16(5,6)7/h9,11H,1H2,2-7H3/t9-,11-,13+/m0/s1. The predicted octanol–water partition coefficient (Wildman–Crippen LogP) is 3.22. The molecule has 1 saturated carbocycles.